The molecule has 0 amide bonds. The summed E-state index contributed by atoms with van der Waals surface area (Å²) >= 11 is 1.58. The van der Waals surface area contributed by atoms with Crippen molar-refractivity contribution < 1.29 is 12.8 Å². The van der Waals surface area contributed by atoms with Gasteiger partial charge in [-0.15, -0.1) is 35.3 Å². The minimum atomic E-state index is -3.17. The van der Waals surface area contributed by atoms with E-state index in [4.69, 9.17) is 4.42 Å². The molecule has 0 unspecified atom stereocenters. The maximum atomic E-state index is 11.5. The van der Waals surface area contributed by atoms with Gasteiger partial charge in [0, 0.05) is 19.3 Å². The van der Waals surface area contributed by atoms with Crippen LogP contribution in [-0.2, 0) is 22.8 Å². The molecule has 1 aromatic carbocycles. The van der Waals surface area contributed by atoms with Crippen molar-refractivity contribution in [2.75, 3.05) is 19.3 Å². The van der Waals surface area contributed by atoms with Crippen LogP contribution in [0.25, 0.3) is 10.8 Å². The number of benzene rings is 1. The van der Waals surface area contributed by atoms with Gasteiger partial charge in [0.1, 0.15) is 12.0 Å². The Morgan fingerprint density at radius 2 is 1.97 bits per heavy atom. The Labute approximate surface area is 198 Å². The number of nitrogens with zero attached hydrogens (tertiary/aromatic N) is 2. The Bertz CT molecular complexity index is 1050. The van der Waals surface area contributed by atoms with E-state index in [1.54, 1.807) is 29.7 Å². The molecule has 2 N–H and O–H groups in total. The van der Waals surface area contributed by atoms with E-state index in [9.17, 15) is 8.42 Å². The van der Waals surface area contributed by atoms with Gasteiger partial charge in [0.05, 0.1) is 16.3 Å². The van der Waals surface area contributed by atoms with Crippen LogP contribution in [0.15, 0.2) is 62.3 Å². The van der Waals surface area contributed by atoms with Gasteiger partial charge in [-0.25, -0.2) is 18.4 Å². The van der Waals surface area contributed by atoms with Crippen LogP contribution in [0.2, 0.25) is 0 Å². The molecule has 3 rings (SSSR count). The van der Waals surface area contributed by atoms with Gasteiger partial charge in [-0.1, -0.05) is 18.2 Å². The number of rotatable bonds is 8. The molecule has 0 saturated heterocycles. The van der Waals surface area contributed by atoms with Crippen molar-refractivity contribution in [3.8, 4) is 10.8 Å². The normalized spacial score (nSPS) is 11.7. The fraction of sp³-hybridized carbons (Fsp3) is 0.300. The Kier molecular flexibility index (Phi) is 9.31. The molecular weight excluding hydrogens is 535 g/mol. The molecule has 2 aromatic heterocycles. The lowest BCUT2D eigenvalue weighted by atomic mass is 10.1. The van der Waals surface area contributed by atoms with Gasteiger partial charge in [0.25, 0.3) is 0 Å². The lowest BCUT2D eigenvalue weighted by Crippen LogP contribution is -2.38. The van der Waals surface area contributed by atoms with Gasteiger partial charge >= 0.3 is 0 Å². The third-order valence-electron chi connectivity index (χ3n) is 4.08. The fourth-order valence-corrected chi connectivity index (χ4v) is 3.91. The van der Waals surface area contributed by atoms with Gasteiger partial charge in [-0.3, -0.25) is 0 Å². The summed E-state index contributed by atoms with van der Waals surface area (Å²) in [5.74, 6) is 1.31. The molecule has 0 aliphatic carbocycles. The van der Waals surface area contributed by atoms with E-state index in [2.05, 4.69) is 20.6 Å². The van der Waals surface area contributed by atoms with Gasteiger partial charge in [0.15, 0.2) is 15.8 Å². The number of guanidine groups is 1. The van der Waals surface area contributed by atoms with E-state index in [0.29, 0.717) is 29.8 Å². The molecule has 30 heavy (non-hydrogen) atoms. The zero-order valence-corrected chi connectivity index (χ0v) is 20.8. The molecule has 0 radical (unpaired) electrons. The number of sulfone groups is 1. The van der Waals surface area contributed by atoms with Crippen molar-refractivity contribution in [3.63, 3.8) is 0 Å². The first-order valence-corrected chi connectivity index (χ1v) is 12.0. The van der Waals surface area contributed by atoms with Gasteiger partial charge in [-0.05, 0) is 42.5 Å². The van der Waals surface area contributed by atoms with Crippen LogP contribution >= 0.6 is 35.3 Å². The second kappa shape index (κ2) is 11.5. The molecule has 3 aromatic rings. The second-order valence-corrected chi connectivity index (χ2v) is 9.37. The minimum Gasteiger partial charge on any atom is -0.443 e. The second-order valence-electron chi connectivity index (χ2n) is 6.41. The third kappa shape index (κ3) is 7.10. The summed E-state index contributed by atoms with van der Waals surface area (Å²) in [5, 5.41) is 8.47. The first-order chi connectivity index (χ1) is 14.0. The zero-order chi connectivity index (χ0) is 20.7. The molecule has 0 aliphatic heterocycles. The molecule has 0 saturated carbocycles. The molecule has 0 atom stereocenters. The average molecular weight is 560 g/mol. The SMILES string of the molecule is CCNC(=NCc1coc(-c2cccs2)n1)NCCc1ccc(S(C)(=O)=O)cc1.I. The lowest BCUT2D eigenvalue weighted by Gasteiger charge is -2.11. The molecule has 10 heteroatoms. The number of aromatic nitrogens is 1. The third-order valence-corrected chi connectivity index (χ3v) is 6.07. The van der Waals surface area contributed by atoms with Crippen LogP contribution in [0.1, 0.15) is 18.2 Å². The highest BCUT2D eigenvalue weighted by Gasteiger charge is 2.08. The summed E-state index contributed by atoms with van der Waals surface area (Å²) in [6, 6.07) is 10.9. The Balaban J connectivity index is 0.00000320. The van der Waals surface area contributed by atoms with Crippen molar-refractivity contribution >= 4 is 51.1 Å². The van der Waals surface area contributed by atoms with Crippen molar-refractivity contribution in [1.29, 1.82) is 0 Å². The van der Waals surface area contributed by atoms with Crippen molar-refractivity contribution in [3.05, 3.63) is 59.3 Å². The monoisotopic (exact) mass is 560 g/mol. The number of halogens is 1. The number of aliphatic imine (C=N–C) groups is 1. The lowest BCUT2D eigenvalue weighted by molar-refractivity contribution is 0.574. The van der Waals surface area contributed by atoms with Gasteiger partial charge in [0.2, 0.25) is 5.89 Å². The first-order valence-electron chi connectivity index (χ1n) is 9.25. The van der Waals surface area contributed by atoms with E-state index in [1.165, 1.54) is 6.26 Å². The van der Waals surface area contributed by atoms with Crippen LogP contribution in [0.4, 0.5) is 0 Å². The zero-order valence-electron chi connectivity index (χ0n) is 16.8. The molecule has 162 valence electrons. The quantitative estimate of drug-likeness (QED) is 0.248. The van der Waals surface area contributed by atoms with Crippen molar-refractivity contribution in [1.82, 2.24) is 15.6 Å². The number of thiophene rings is 1. The minimum absolute atomic E-state index is 0. The first kappa shape index (κ1) is 24.4. The largest absolute Gasteiger partial charge is 0.443 e. The molecule has 7 nitrogen and oxygen atoms in total. The van der Waals surface area contributed by atoms with Crippen molar-refractivity contribution in [2.45, 2.75) is 24.8 Å². The Hall–Kier alpha value is -1.92. The van der Waals surface area contributed by atoms with Crippen LogP contribution in [0.3, 0.4) is 0 Å². The maximum Gasteiger partial charge on any atom is 0.236 e. The highest BCUT2D eigenvalue weighted by atomic mass is 127. The molecule has 0 bridgehead atoms. The fourth-order valence-electron chi connectivity index (χ4n) is 2.62. The number of hydrogen-bond acceptors (Lipinski definition) is 6. The highest BCUT2D eigenvalue weighted by molar-refractivity contribution is 14.0. The predicted octanol–water partition coefficient (Wildman–Crippen LogP) is 3.72. The number of hydrogen-bond donors (Lipinski definition) is 2. The van der Waals surface area contributed by atoms with E-state index in [-0.39, 0.29) is 24.0 Å². The van der Waals surface area contributed by atoms with Crippen LogP contribution in [-0.4, -0.2) is 38.7 Å². The van der Waals surface area contributed by atoms with Gasteiger partial charge < -0.3 is 15.1 Å². The summed E-state index contributed by atoms with van der Waals surface area (Å²) in [4.78, 5) is 10.3. The summed E-state index contributed by atoms with van der Waals surface area (Å²) in [6.45, 7) is 3.83. The highest BCUT2D eigenvalue weighted by Crippen LogP contribution is 2.23. The topological polar surface area (TPSA) is 96.6 Å². The summed E-state index contributed by atoms with van der Waals surface area (Å²) in [5.41, 5.74) is 1.82. The number of oxazole rings is 1. The molecule has 2 heterocycles. The standard InChI is InChI=1S/C20H24N4O3S2.HI/c1-3-21-20(22-11-10-15-6-8-17(9-7-15)29(2,25)26)23-13-16-14-27-19(24-16)18-5-4-12-28-18;/h4-9,12,14H,3,10-11,13H2,1-2H3,(H2,21,22,23);1H. The summed E-state index contributed by atoms with van der Waals surface area (Å²) in [7, 11) is -3.17. The average Bonchev–Trinajstić information content (AvgIpc) is 3.37. The van der Waals surface area contributed by atoms with Crippen LogP contribution < -0.4 is 10.6 Å². The molecular formula is C20H25IN4O3S2. The number of nitrogens with one attached hydrogen (secondary N) is 2. The van der Waals surface area contributed by atoms with E-state index >= 15 is 0 Å². The smallest absolute Gasteiger partial charge is 0.236 e. The molecule has 0 fully saturated rings. The Morgan fingerprint density at radius 3 is 2.60 bits per heavy atom. The summed E-state index contributed by atoms with van der Waals surface area (Å²) < 4.78 is 28.6. The Morgan fingerprint density at radius 1 is 1.20 bits per heavy atom. The maximum absolute atomic E-state index is 11.5. The van der Waals surface area contributed by atoms with E-state index < -0.39 is 9.84 Å². The van der Waals surface area contributed by atoms with Crippen LogP contribution in [0.5, 0.6) is 0 Å². The molecule has 0 aliphatic rings. The van der Waals surface area contributed by atoms with E-state index in [0.717, 1.165) is 29.1 Å². The van der Waals surface area contributed by atoms with Crippen LogP contribution in [0, 0.1) is 0 Å². The van der Waals surface area contributed by atoms with E-state index in [1.807, 2.05) is 36.6 Å². The van der Waals surface area contributed by atoms with Gasteiger partial charge in [-0.2, -0.15) is 0 Å². The summed E-state index contributed by atoms with van der Waals surface area (Å²) in [6.07, 6.45) is 3.59. The van der Waals surface area contributed by atoms with Crippen molar-refractivity contribution in [2.24, 2.45) is 4.99 Å². The molecule has 0 spiro atoms. The predicted molar refractivity (Wildman–Crippen MR) is 131 cm³/mol.